The minimum Gasteiger partial charge on any atom is -0.395 e. The molecule has 1 aromatic rings. The summed E-state index contributed by atoms with van der Waals surface area (Å²) in [5.74, 6) is 0. The molecule has 1 N–H and O–H groups in total. The summed E-state index contributed by atoms with van der Waals surface area (Å²) in [5.41, 5.74) is 1.30. The first-order chi connectivity index (χ1) is 8.24. The molecule has 0 spiro atoms. The molecular formula is C13H18ClNO2. The van der Waals surface area contributed by atoms with Gasteiger partial charge in [0.15, 0.2) is 6.29 Å². The van der Waals surface area contributed by atoms with Crippen molar-refractivity contribution < 1.29 is 9.90 Å². The second-order valence-corrected chi connectivity index (χ2v) is 4.26. The molecule has 0 heterocycles. The lowest BCUT2D eigenvalue weighted by atomic mass is 10.1. The third kappa shape index (κ3) is 3.72. The molecule has 0 bridgehead atoms. The van der Waals surface area contributed by atoms with Crippen molar-refractivity contribution in [3.63, 3.8) is 0 Å². The number of aliphatic hydroxyl groups excluding tert-OH is 1. The first kappa shape index (κ1) is 14.0. The number of anilines is 1. The van der Waals surface area contributed by atoms with Crippen LogP contribution in [0.5, 0.6) is 0 Å². The summed E-state index contributed by atoms with van der Waals surface area (Å²) in [5, 5.41) is 9.52. The maximum absolute atomic E-state index is 11.1. The van der Waals surface area contributed by atoms with E-state index in [1.54, 1.807) is 6.07 Å². The lowest BCUT2D eigenvalue weighted by Crippen LogP contribution is -2.28. The number of carbonyl (C=O) groups is 1. The summed E-state index contributed by atoms with van der Waals surface area (Å²) in [7, 11) is 0. The van der Waals surface area contributed by atoms with Gasteiger partial charge in [-0.2, -0.15) is 0 Å². The van der Waals surface area contributed by atoms with E-state index < -0.39 is 0 Å². The zero-order valence-electron chi connectivity index (χ0n) is 10.0. The third-order valence-electron chi connectivity index (χ3n) is 2.64. The van der Waals surface area contributed by atoms with E-state index in [1.807, 2.05) is 17.0 Å². The zero-order valence-corrected chi connectivity index (χ0v) is 10.8. The number of nitrogens with zero attached hydrogens (tertiary/aromatic N) is 1. The molecule has 0 atom stereocenters. The summed E-state index contributed by atoms with van der Waals surface area (Å²) in [6.45, 7) is 3.50. The predicted molar refractivity (Wildman–Crippen MR) is 71.0 cm³/mol. The van der Waals surface area contributed by atoms with E-state index >= 15 is 0 Å². The van der Waals surface area contributed by atoms with Crippen molar-refractivity contribution in [3.05, 3.63) is 28.8 Å². The molecule has 0 saturated heterocycles. The molecule has 0 aliphatic heterocycles. The van der Waals surface area contributed by atoms with E-state index in [4.69, 9.17) is 16.7 Å². The summed E-state index contributed by atoms with van der Waals surface area (Å²) < 4.78 is 0. The van der Waals surface area contributed by atoms with E-state index in [-0.39, 0.29) is 6.61 Å². The van der Waals surface area contributed by atoms with Crippen molar-refractivity contribution >= 4 is 23.6 Å². The molecule has 0 aromatic heterocycles. The Morgan fingerprint density at radius 1 is 1.41 bits per heavy atom. The highest BCUT2D eigenvalue weighted by atomic mass is 35.5. The normalized spacial score (nSPS) is 10.3. The van der Waals surface area contributed by atoms with Gasteiger partial charge in [-0.05, 0) is 18.6 Å². The van der Waals surface area contributed by atoms with Crippen LogP contribution in [0.3, 0.4) is 0 Å². The van der Waals surface area contributed by atoms with Gasteiger partial charge in [0.1, 0.15) is 0 Å². The van der Waals surface area contributed by atoms with Crippen LogP contribution in [0.15, 0.2) is 18.2 Å². The van der Waals surface area contributed by atoms with Crippen molar-refractivity contribution in [1.29, 1.82) is 0 Å². The van der Waals surface area contributed by atoms with E-state index in [2.05, 4.69) is 6.92 Å². The number of benzene rings is 1. The first-order valence-corrected chi connectivity index (χ1v) is 6.21. The molecule has 0 aliphatic rings. The molecule has 1 rings (SSSR count). The Morgan fingerprint density at radius 3 is 2.76 bits per heavy atom. The van der Waals surface area contributed by atoms with E-state index in [0.717, 1.165) is 31.4 Å². The van der Waals surface area contributed by atoms with Crippen LogP contribution >= 0.6 is 11.6 Å². The van der Waals surface area contributed by atoms with Crippen LogP contribution in [0, 0.1) is 0 Å². The highest BCUT2D eigenvalue weighted by Gasteiger charge is 2.12. The Bertz CT molecular complexity index is 368. The molecule has 4 heteroatoms. The van der Waals surface area contributed by atoms with Crippen LogP contribution in [-0.2, 0) is 0 Å². The molecular weight excluding hydrogens is 238 g/mol. The second kappa shape index (κ2) is 7.30. The molecule has 17 heavy (non-hydrogen) atoms. The van der Waals surface area contributed by atoms with Crippen LogP contribution in [0.2, 0.25) is 5.02 Å². The van der Waals surface area contributed by atoms with Gasteiger partial charge in [0, 0.05) is 18.8 Å². The fraction of sp³-hybridized carbons (Fsp3) is 0.462. The van der Waals surface area contributed by atoms with Crippen LogP contribution in [0.1, 0.15) is 30.1 Å². The van der Waals surface area contributed by atoms with Crippen LogP contribution < -0.4 is 4.90 Å². The molecule has 94 valence electrons. The Morgan fingerprint density at radius 2 is 2.18 bits per heavy atom. The standard InChI is InChI=1S/C13H18ClNO2/c1-2-3-7-15(8-9-16)13-6-4-5-12(14)11(13)10-17/h4-6,10,16H,2-3,7-9H2,1H3. The molecule has 0 unspecified atom stereocenters. The average molecular weight is 256 g/mol. The van der Waals surface area contributed by atoms with Crippen LogP contribution in [-0.4, -0.2) is 31.1 Å². The van der Waals surface area contributed by atoms with Gasteiger partial charge in [0.05, 0.1) is 17.2 Å². The second-order valence-electron chi connectivity index (χ2n) is 3.85. The molecule has 0 aliphatic carbocycles. The summed E-state index contributed by atoms with van der Waals surface area (Å²) in [4.78, 5) is 13.1. The number of hydrogen-bond acceptors (Lipinski definition) is 3. The van der Waals surface area contributed by atoms with Gasteiger partial charge in [-0.1, -0.05) is 31.0 Å². The summed E-state index contributed by atoms with van der Waals surface area (Å²) in [6.07, 6.45) is 2.86. The first-order valence-electron chi connectivity index (χ1n) is 5.84. The van der Waals surface area contributed by atoms with Gasteiger partial charge in [0.25, 0.3) is 0 Å². The monoisotopic (exact) mass is 255 g/mol. The minimum atomic E-state index is 0.0640. The number of aldehydes is 1. The average Bonchev–Trinajstić information content (AvgIpc) is 2.34. The molecule has 0 fully saturated rings. The maximum atomic E-state index is 11.1. The number of rotatable bonds is 7. The van der Waals surface area contributed by atoms with Gasteiger partial charge in [-0.3, -0.25) is 4.79 Å². The predicted octanol–water partition coefficient (Wildman–Crippen LogP) is 2.75. The van der Waals surface area contributed by atoms with Crippen molar-refractivity contribution in [2.45, 2.75) is 19.8 Å². The van der Waals surface area contributed by atoms with Gasteiger partial charge in [-0.25, -0.2) is 0 Å². The number of hydrogen-bond donors (Lipinski definition) is 1. The SMILES string of the molecule is CCCCN(CCO)c1cccc(Cl)c1C=O. The quantitative estimate of drug-likeness (QED) is 0.762. The largest absolute Gasteiger partial charge is 0.395 e. The minimum absolute atomic E-state index is 0.0640. The number of aliphatic hydroxyl groups is 1. The molecule has 0 amide bonds. The number of halogens is 1. The fourth-order valence-electron chi connectivity index (χ4n) is 1.74. The summed E-state index contributed by atoms with van der Waals surface area (Å²) >= 11 is 5.99. The Labute approximate surface area is 107 Å². The fourth-order valence-corrected chi connectivity index (χ4v) is 1.95. The Kier molecular flexibility index (Phi) is 6.01. The van der Waals surface area contributed by atoms with Crippen molar-refractivity contribution in [2.24, 2.45) is 0 Å². The highest BCUT2D eigenvalue weighted by molar-refractivity contribution is 6.33. The highest BCUT2D eigenvalue weighted by Crippen LogP contribution is 2.26. The molecule has 0 saturated carbocycles. The van der Waals surface area contributed by atoms with Gasteiger partial charge in [-0.15, -0.1) is 0 Å². The smallest absolute Gasteiger partial charge is 0.153 e. The lowest BCUT2D eigenvalue weighted by Gasteiger charge is -2.25. The van der Waals surface area contributed by atoms with Crippen molar-refractivity contribution in [1.82, 2.24) is 0 Å². The topological polar surface area (TPSA) is 40.5 Å². The van der Waals surface area contributed by atoms with Crippen LogP contribution in [0.25, 0.3) is 0 Å². The molecule has 3 nitrogen and oxygen atoms in total. The van der Waals surface area contributed by atoms with E-state index in [0.29, 0.717) is 17.1 Å². The van der Waals surface area contributed by atoms with E-state index in [1.165, 1.54) is 0 Å². The van der Waals surface area contributed by atoms with E-state index in [9.17, 15) is 4.79 Å². The lowest BCUT2D eigenvalue weighted by molar-refractivity contribution is 0.112. The van der Waals surface area contributed by atoms with Crippen LogP contribution in [0.4, 0.5) is 5.69 Å². The van der Waals surface area contributed by atoms with Gasteiger partial charge >= 0.3 is 0 Å². The Hall–Kier alpha value is -1.06. The molecule has 1 aromatic carbocycles. The third-order valence-corrected chi connectivity index (χ3v) is 2.97. The van der Waals surface area contributed by atoms with Crippen molar-refractivity contribution in [2.75, 3.05) is 24.6 Å². The number of unbranched alkanes of at least 4 members (excludes halogenated alkanes) is 1. The summed E-state index contributed by atoms with van der Waals surface area (Å²) in [6, 6.07) is 5.38. The molecule has 0 radical (unpaired) electrons. The maximum Gasteiger partial charge on any atom is 0.153 e. The Balaban J connectivity index is 2.99. The zero-order chi connectivity index (χ0) is 12.7. The van der Waals surface area contributed by atoms with Gasteiger partial charge in [0.2, 0.25) is 0 Å². The van der Waals surface area contributed by atoms with Gasteiger partial charge < -0.3 is 10.0 Å². The number of carbonyl (C=O) groups excluding carboxylic acids is 1. The van der Waals surface area contributed by atoms with Crippen molar-refractivity contribution in [3.8, 4) is 0 Å².